The van der Waals surface area contributed by atoms with Crippen LogP contribution in [0.4, 0.5) is 14.6 Å². The number of nitrogens with zero attached hydrogens (tertiary/aromatic N) is 2. The number of aromatic nitrogens is 2. The van der Waals surface area contributed by atoms with Crippen molar-refractivity contribution in [2.45, 2.75) is 13.5 Å². The monoisotopic (exact) mass is 267 g/mol. The van der Waals surface area contributed by atoms with Crippen LogP contribution in [0.2, 0.25) is 0 Å². The summed E-state index contributed by atoms with van der Waals surface area (Å²) in [6.07, 6.45) is 1.63. The Hall–Kier alpha value is -1.82. The smallest absolute Gasteiger partial charge is 0.152 e. The maximum absolute atomic E-state index is 13.8. The van der Waals surface area contributed by atoms with Gasteiger partial charge in [0.2, 0.25) is 0 Å². The molecular weight excluding hydrogens is 256 g/mol. The number of thiocarbonyl (C=S) groups is 1. The van der Waals surface area contributed by atoms with E-state index in [2.05, 4.69) is 22.6 Å². The number of nitrogens with one attached hydrogen (secondary N) is 1. The first-order chi connectivity index (χ1) is 8.61. The zero-order valence-corrected chi connectivity index (χ0v) is 10.5. The number of halogens is 2. The molecule has 0 unspecified atom stereocenters. The van der Waals surface area contributed by atoms with Crippen LogP contribution in [0, 0.1) is 18.6 Å². The summed E-state index contributed by atoms with van der Waals surface area (Å²) in [5.41, 5.74) is 1.74. The Balaban J connectivity index is 2.27. The van der Waals surface area contributed by atoms with E-state index in [0.29, 0.717) is 11.4 Å². The number of aryl methyl sites for hydroxylation is 1. The third-order valence-electron chi connectivity index (χ3n) is 2.55. The van der Waals surface area contributed by atoms with Crippen LogP contribution < -0.4 is 5.32 Å². The minimum atomic E-state index is -0.571. The van der Waals surface area contributed by atoms with Crippen LogP contribution in [0.25, 0.3) is 0 Å². The fourth-order valence-electron chi connectivity index (χ4n) is 1.61. The van der Waals surface area contributed by atoms with Gasteiger partial charge in [-0.1, -0.05) is 18.3 Å². The van der Waals surface area contributed by atoms with Gasteiger partial charge in [0.1, 0.15) is 11.6 Å². The van der Waals surface area contributed by atoms with Gasteiger partial charge in [-0.2, -0.15) is 5.10 Å². The summed E-state index contributed by atoms with van der Waals surface area (Å²) in [7, 11) is 0. The summed E-state index contributed by atoms with van der Waals surface area (Å²) in [4.78, 5) is 0. The van der Waals surface area contributed by atoms with E-state index >= 15 is 0 Å². The predicted molar refractivity (Wildman–Crippen MR) is 69.7 cm³/mol. The SMILES string of the molecule is Cc1ccc(F)c(Cn2ccc(NC=S)n2)c1F. The summed E-state index contributed by atoms with van der Waals surface area (Å²) in [5, 5.41) is 6.81. The Kier molecular flexibility index (Phi) is 3.66. The van der Waals surface area contributed by atoms with Crippen molar-refractivity contribution in [2.24, 2.45) is 0 Å². The molecule has 0 amide bonds. The largest absolute Gasteiger partial charge is 0.336 e. The standard InChI is InChI=1S/C12H11F2N3S/c1-8-2-3-10(13)9(12(8)14)6-17-5-4-11(16-17)15-7-18/h2-5,7H,6H2,1H3,(H,15,16,18). The molecule has 18 heavy (non-hydrogen) atoms. The van der Waals surface area contributed by atoms with E-state index in [1.807, 2.05) is 0 Å². The first kappa shape index (κ1) is 12.6. The van der Waals surface area contributed by atoms with Crippen molar-refractivity contribution < 1.29 is 8.78 Å². The fourth-order valence-corrected chi connectivity index (χ4v) is 1.73. The minimum Gasteiger partial charge on any atom is -0.336 e. The van der Waals surface area contributed by atoms with Crippen LogP contribution in [0.5, 0.6) is 0 Å². The molecule has 1 aromatic carbocycles. The second-order valence-electron chi connectivity index (χ2n) is 3.82. The molecule has 2 aromatic rings. The van der Waals surface area contributed by atoms with E-state index < -0.39 is 11.6 Å². The molecule has 1 heterocycles. The molecule has 1 aromatic heterocycles. The molecule has 94 valence electrons. The Morgan fingerprint density at radius 2 is 2.17 bits per heavy atom. The molecule has 0 fully saturated rings. The van der Waals surface area contributed by atoms with Crippen LogP contribution in [0.15, 0.2) is 24.4 Å². The lowest BCUT2D eigenvalue weighted by Gasteiger charge is -2.07. The van der Waals surface area contributed by atoms with E-state index in [9.17, 15) is 8.78 Å². The van der Waals surface area contributed by atoms with Gasteiger partial charge in [-0.05, 0) is 18.6 Å². The van der Waals surface area contributed by atoms with Gasteiger partial charge in [-0.15, -0.1) is 0 Å². The first-order valence-corrected chi connectivity index (χ1v) is 5.76. The average Bonchev–Trinajstić information content (AvgIpc) is 2.78. The summed E-state index contributed by atoms with van der Waals surface area (Å²) < 4.78 is 28.8. The molecule has 0 radical (unpaired) electrons. The molecule has 0 spiro atoms. The number of benzene rings is 1. The quantitative estimate of drug-likeness (QED) is 0.864. The zero-order valence-electron chi connectivity index (χ0n) is 9.65. The van der Waals surface area contributed by atoms with Crippen molar-refractivity contribution in [3.05, 3.63) is 47.2 Å². The number of hydrogen-bond acceptors (Lipinski definition) is 2. The van der Waals surface area contributed by atoms with E-state index in [1.54, 1.807) is 19.2 Å². The van der Waals surface area contributed by atoms with Gasteiger partial charge in [0.15, 0.2) is 5.82 Å². The lowest BCUT2D eigenvalue weighted by molar-refractivity contribution is 0.528. The predicted octanol–water partition coefficient (Wildman–Crippen LogP) is 2.89. The lowest BCUT2D eigenvalue weighted by Crippen LogP contribution is -2.07. The summed E-state index contributed by atoms with van der Waals surface area (Å²) >= 11 is 4.63. The van der Waals surface area contributed by atoms with Crippen molar-refractivity contribution in [3.8, 4) is 0 Å². The summed E-state index contributed by atoms with van der Waals surface area (Å²) in [5.74, 6) is -0.564. The molecule has 3 nitrogen and oxygen atoms in total. The highest BCUT2D eigenvalue weighted by atomic mass is 32.1. The van der Waals surface area contributed by atoms with Crippen molar-refractivity contribution in [2.75, 3.05) is 5.32 Å². The average molecular weight is 267 g/mol. The van der Waals surface area contributed by atoms with E-state index in [-0.39, 0.29) is 12.1 Å². The maximum Gasteiger partial charge on any atom is 0.152 e. The topological polar surface area (TPSA) is 29.9 Å². The van der Waals surface area contributed by atoms with Gasteiger partial charge in [0, 0.05) is 17.8 Å². The molecule has 2 rings (SSSR count). The highest BCUT2D eigenvalue weighted by Gasteiger charge is 2.12. The molecule has 0 aliphatic heterocycles. The van der Waals surface area contributed by atoms with Gasteiger partial charge in [0.25, 0.3) is 0 Å². The molecule has 0 bridgehead atoms. The zero-order chi connectivity index (χ0) is 13.1. The molecule has 6 heteroatoms. The van der Waals surface area contributed by atoms with E-state index in [1.165, 1.54) is 22.3 Å². The van der Waals surface area contributed by atoms with Crippen LogP contribution in [0.1, 0.15) is 11.1 Å². The van der Waals surface area contributed by atoms with E-state index in [0.717, 1.165) is 0 Å². The van der Waals surface area contributed by atoms with Crippen LogP contribution in [0.3, 0.4) is 0 Å². The van der Waals surface area contributed by atoms with Gasteiger partial charge in [-0.3, -0.25) is 4.68 Å². The van der Waals surface area contributed by atoms with Gasteiger partial charge < -0.3 is 5.32 Å². The van der Waals surface area contributed by atoms with Gasteiger partial charge in [0.05, 0.1) is 12.0 Å². The van der Waals surface area contributed by atoms with Crippen LogP contribution in [-0.4, -0.2) is 15.3 Å². The van der Waals surface area contributed by atoms with Crippen molar-refractivity contribution in [3.63, 3.8) is 0 Å². The van der Waals surface area contributed by atoms with Crippen LogP contribution >= 0.6 is 12.2 Å². The molecule has 0 saturated carbocycles. The minimum absolute atomic E-state index is 0.00648. The highest BCUT2D eigenvalue weighted by molar-refractivity contribution is 7.79. The summed E-state index contributed by atoms with van der Waals surface area (Å²) in [6, 6.07) is 4.35. The Labute approximate surface area is 108 Å². The molecule has 0 aliphatic carbocycles. The molecule has 0 saturated heterocycles. The van der Waals surface area contributed by atoms with Gasteiger partial charge >= 0.3 is 0 Å². The third-order valence-corrected chi connectivity index (χ3v) is 2.66. The normalized spacial score (nSPS) is 10.4. The van der Waals surface area contributed by atoms with E-state index in [4.69, 9.17) is 0 Å². The van der Waals surface area contributed by atoms with Crippen LogP contribution in [-0.2, 0) is 6.54 Å². The Morgan fingerprint density at radius 1 is 1.39 bits per heavy atom. The Morgan fingerprint density at radius 3 is 2.89 bits per heavy atom. The second kappa shape index (κ2) is 5.22. The van der Waals surface area contributed by atoms with Crippen molar-refractivity contribution >= 4 is 23.5 Å². The third kappa shape index (κ3) is 2.53. The number of hydrogen-bond donors (Lipinski definition) is 1. The maximum atomic E-state index is 13.8. The number of anilines is 1. The molecule has 0 aliphatic rings. The highest BCUT2D eigenvalue weighted by Crippen LogP contribution is 2.17. The lowest BCUT2D eigenvalue weighted by atomic mass is 10.1. The number of rotatable bonds is 4. The van der Waals surface area contributed by atoms with Crippen molar-refractivity contribution in [1.29, 1.82) is 0 Å². The molecule has 0 atom stereocenters. The first-order valence-electron chi connectivity index (χ1n) is 5.29. The molecular formula is C12H11F2N3S. The van der Waals surface area contributed by atoms with Crippen molar-refractivity contribution in [1.82, 2.24) is 9.78 Å². The second-order valence-corrected chi connectivity index (χ2v) is 4.05. The summed E-state index contributed by atoms with van der Waals surface area (Å²) in [6.45, 7) is 1.64. The fraction of sp³-hybridized carbons (Fsp3) is 0.167. The Bertz CT molecular complexity index is 581. The van der Waals surface area contributed by atoms with Gasteiger partial charge in [-0.25, -0.2) is 8.78 Å². The molecule has 1 N–H and O–H groups in total.